The summed E-state index contributed by atoms with van der Waals surface area (Å²) in [6, 6.07) is 0. The molecule has 98 valence electrons. The molecule has 1 atom stereocenters. The maximum atomic E-state index is 12.7. The zero-order valence-electron chi connectivity index (χ0n) is 11.0. The Labute approximate surface area is 96.4 Å². The lowest BCUT2D eigenvalue weighted by Crippen LogP contribution is -2.35. The van der Waals surface area contributed by atoms with Crippen LogP contribution in [0.5, 0.6) is 0 Å². The topological polar surface area (TPSA) is 9.23 Å². The monoisotopic (exact) mass is 240 g/mol. The second-order valence-corrected chi connectivity index (χ2v) is 5.75. The maximum absolute atomic E-state index is 12.7. The Morgan fingerprint density at radius 2 is 1.44 bits per heavy atom. The van der Waals surface area contributed by atoms with Gasteiger partial charge >= 0.3 is 6.18 Å². The average molecular weight is 240 g/mol. The normalized spacial score (nSPS) is 16.3. The molecule has 0 aromatic heterocycles. The second-order valence-electron chi connectivity index (χ2n) is 5.75. The molecule has 0 rings (SSSR count). The van der Waals surface area contributed by atoms with E-state index in [9.17, 15) is 13.2 Å². The molecule has 0 amide bonds. The number of ether oxygens (including phenoxy) is 1. The molecule has 0 radical (unpaired) electrons. The molecule has 0 saturated carbocycles. The molecule has 4 heteroatoms. The summed E-state index contributed by atoms with van der Waals surface area (Å²) in [5.41, 5.74) is -1.87. The van der Waals surface area contributed by atoms with Gasteiger partial charge in [-0.1, -0.05) is 27.7 Å². The highest BCUT2D eigenvalue weighted by Crippen LogP contribution is 2.44. The summed E-state index contributed by atoms with van der Waals surface area (Å²) < 4.78 is 43.2. The fraction of sp³-hybridized carbons (Fsp3) is 1.00. The summed E-state index contributed by atoms with van der Waals surface area (Å²) in [6.45, 7) is 8.27. The van der Waals surface area contributed by atoms with Crippen LogP contribution in [0, 0.1) is 10.8 Å². The van der Waals surface area contributed by atoms with E-state index < -0.39 is 11.6 Å². The Kier molecular flexibility index (Phi) is 4.87. The molecule has 1 unspecified atom stereocenters. The highest BCUT2D eigenvalue weighted by atomic mass is 19.4. The van der Waals surface area contributed by atoms with Crippen LogP contribution in [0.1, 0.15) is 47.5 Å². The van der Waals surface area contributed by atoms with Crippen molar-refractivity contribution in [3.8, 4) is 0 Å². The van der Waals surface area contributed by atoms with Crippen LogP contribution in [0.4, 0.5) is 13.2 Å². The minimum atomic E-state index is -4.14. The molecule has 0 spiro atoms. The number of hydrogen-bond acceptors (Lipinski definition) is 1. The number of methoxy groups -OCH3 is 1. The predicted molar refractivity (Wildman–Crippen MR) is 59.3 cm³/mol. The molecular weight excluding hydrogens is 217 g/mol. The molecule has 0 saturated heterocycles. The van der Waals surface area contributed by atoms with E-state index in [1.807, 2.05) is 20.8 Å². The van der Waals surface area contributed by atoms with Crippen LogP contribution >= 0.6 is 0 Å². The van der Waals surface area contributed by atoms with Gasteiger partial charge in [0, 0.05) is 7.11 Å². The summed E-state index contributed by atoms with van der Waals surface area (Å²) in [7, 11) is 1.58. The van der Waals surface area contributed by atoms with Gasteiger partial charge in [-0.2, -0.15) is 13.2 Å². The standard InChI is InChI=1S/C12H23F3O/c1-9(16-6)10(2,3)7-8-11(4,5)12(13,14)15/h9H,7-8H2,1-6H3. The first-order valence-corrected chi connectivity index (χ1v) is 5.53. The predicted octanol–water partition coefficient (Wildman–Crippen LogP) is 4.42. The molecular formula is C12H23F3O. The zero-order chi connectivity index (χ0) is 13.2. The minimum Gasteiger partial charge on any atom is -0.381 e. The van der Waals surface area contributed by atoms with Gasteiger partial charge in [-0.3, -0.25) is 0 Å². The van der Waals surface area contributed by atoms with Gasteiger partial charge in [0.25, 0.3) is 0 Å². The lowest BCUT2D eigenvalue weighted by molar-refractivity contribution is -0.216. The van der Waals surface area contributed by atoms with E-state index in [1.165, 1.54) is 13.8 Å². The number of halogens is 3. The van der Waals surface area contributed by atoms with Crippen LogP contribution in [0.15, 0.2) is 0 Å². The Bertz CT molecular complexity index is 219. The first-order chi connectivity index (χ1) is 6.94. The van der Waals surface area contributed by atoms with Gasteiger partial charge in [0.05, 0.1) is 11.5 Å². The molecule has 1 nitrogen and oxygen atoms in total. The Hall–Kier alpha value is -0.250. The Morgan fingerprint density at radius 1 is 1.00 bits per heavy atom. The fourth-order valence-corrected chi connectivity index (χ4v) is 1.30. The summed E-state index contributed by atoms with van der Waals surface area (Å²) in [5, 5.41) is 0. The molecule has 0 aliphatic heterocycles. The number of hydrogen-bond donors (Lipinski definition) is 0. The van der Waals surface area contributed by atoms with Gasteiger partial charge in [-0.15, -0.1) is 0 Å². The smallest absolute Gasteiger partial charge is 0.381 e. The van der Waals surface area contributed by atoms with E-state index in [2.05, 4.69) is 0 Å². The Balaban J connectivity index is 4.45. The van der Waals surface area contributed by atoms with E-state index in [0.29, 0.717) is 6.42 Å². The van der Waals surface area contributed by atoms with E-state index in [-0.39, 0.29) is 17.9 Å². The van der Waals surface area contributed by atoms with E-state index in [1.54, 1.807) is 7.11 Å². The van der Waals surface area contributed by atoms with Crippen LogP contribution in [-0.2, 0) is 4.74 Å². The molecule has 0 bridgehead atoms. The average Bonchev–Trinajstić information content (AvgIpc) is 2.12. The molecule has 0 aromatic rings. The van der Waals surface area contributed by atoms with Gasteiger partial charge in [0.1, 0.15) is 0 Å². The third kappa shape index (κ3) is 3.96. The maximum Gasteiger partial charge on any atom is 0.393 e. The lowest BCUT2D eigenvalue weighted by atomic mass is 9.76. The van der Waals surface area contributed by atoms with E-state index in [4.69, 9.17) is 4.74 Å². The van der Waals surface area contributed by atoms with Crippen molar-refractivity contribution in [2.75, 3.05) is 7.11 Å². The van der Waals surface area contributed by atoms with Gasteiger partial charge in [0.15, 0.2) is 0 Å². The highest BCUT2D eigenvalue weighted by Gasteiger charge is 2.47. The van der Waals surface area contributed by atoms with Gasteiger partial charge in [0.2, 0.25) is 0 Å². The van der Waals surface area contributed by atoms with Crippen molar-refractivity contribution in [2.24, 2.45) is 10.8 Å². The quantitative estimate of drug-likeness (QED) is 0.691. The highest BCUT2D eigenvalue weighted by molar-refractivity contribution is 4.83. The minimum absolute atomic E-state index is 0.0449. The summed E-state index contributed by atoms with van der Waals surface area (Å²) in [6.07, 6.45) is -3.57. The molecule has 0 aliphatic rings. The molecule has 0 aliphatic carbocycles. The first kappa shape index (κ1) is 15.8. The molecule has 0 N–H and O–H groups in total. The second kappa shape index (κ2) is 4.94. The van der Waals surface area contributed by atoms with Crippen molar-refractivity contribution >= 4 is 0 Å². The SMILES string of the molecule is COC(C)C(C)(C)CCC(C)(C)C(F)(F)F. The molecule has 0 fully saturated rings. The van der Waals surface area contributed by atoms with Crippen LogP contribution in [0.2, 0.25) is 0 Å². The van der Waals surface area contributed by atoms with Crippen molar-refractivity contribution in [2.45, 2.75) is 59.7 Å². The summed E-state index contributed by atoms with van der Waals surface area (Å²) in [4.78, 5) is 0. The van der Waals surface area contributed by atoms with Gasteiger partial charge in [-0.25, -0.2) is 0 Å². The van der Waals surface area contributed by atoms with Crippen molar-refractivity contribution in [1.82, 2.24) is 0 Å². The Morgan fingerprint density at radius 3 is 1.75 bits per heavy atom. The van der Waals surface area contributed by atoms with E-state index in [0.717, 1.165) is 0 Å². The van der Waals surface area contributed by atoms with Crippen molar-refractivity contribution < 1.29 is 17.9 Å². The molecule has 0 heterocycles. The number of rotatable bonds is 5. The summed E-state index contributed by atoms with van der Waals surface area (Å²) in [5.74, 6) is 0. The van der Waals surface area contributed by atoms with Crippen molar-refractivity contribution in [3.05, 3.63) is 0 Å². The van der Waals surface area contributed by atoms with Crippen LogP contribution in [0.3, 0.4) is 0 Å². The van der Waals surface area contributed by atoms with Gasteiger partial charge < -0.3 is 4.74 Å². The van der Waals surface area contributed by atoms with Crippen molar-refractivity contribution in [1.29, 1.82) is 0 Å². The zero-order valence-corrected chi connectivity index (χ0v) is 11.0. The van der Waals surface area contributed by atoms with Gasteiger partial charge in [-0.05, 0) is 25.2 Å². The van der Waals surface area contributed by atoms with Crippen LogP contribution in [0.25, 0.3) is 0 Å². The first-order valence-electron chi connectivity index (χ1n) is 5.53. The van der Waals surface area contributed by atoms with E-state index >= 15 is 0 Å². The van der Waals surface area contributed by atoms with Crippen molar-refractivity contribution in [3.63, 3.8) is 0 Å². The lowest BCUT2D eigenvalue weighted by Gasteiger charge is -2.35. The molecule has 16 heavy (non-hydrogen) atoms. The third-order valence-electron chi connectivity index (χ3n) is 3.62. The van der Waals surface area contributed by atoms with Crippen LogP contribution < -0.4 is 0 Å². The van der Waals surface area contributed by atoms with Crippen LogP contribution in [-0.4, -0.2) is 19.4 Å². The third-order valence-corrected chi connectivity index (χ3v) is 3.62. The fourth-order valence-electron chi connectivity index (χ4n) is 1.30. The summed E-state index contributed by atoms with van der Waals surface area (Å²) >= 11 is 0. The molecule has 0 aromatic carbocycles. The number of alkyl halides is 3. The largest absolute Gasteiger partial charge is 0.393 e.